The molecule has 7 nitrogen and oxygen atoms in total. The van der Waals surface area contributed by atoms with Crippen LogP contribution in [-0.4, -0.2) is 72.7 Å². The highest BCUT2D eigenvalue weighted by Crippen LogP contribution is 2.19. The number of thiocarbonyl (C=S) groups is 1. The normalized spacial score (nSPS) is 14.7. The number of esters is 1. The lowest BCUT2D eigenvalue weighted by molar-refractivity contribution is -0.143. The van der Waals surface area contributed by atoms with Gasteiger partial charge in [0.05, 0.1) is 13.2 Å². The van der Waals surface area contributed by atoms with Gasteiger partial charge in [0.25, 0.3) is 0 Å². The highest BCUT2D eigenvalue weighted by molar-refractivity contribution is 7.80. The number of aryl methyl sites for hydroxylation is 2. The quantitative estimate of drug-likeness (QED) is 0.370. The maximum absolute atomic E-state index is 12.5. The molecular weight excluding hydrogens is 400 g/mol. The van der Waals surface area contributed by atoms with Gasteiger partial charge in [-0.1, -0.05) is 18.2 Å². The van der Waals surface area contributed by atoms with Gasteiger partial charge in [-0.15, -0.1) is 0 Å². The van der Waals surface area contributed by atoms with E-state index in [1.807, 2.05) is 32.0 Å². The molecule has 1 saturated heterocycles. The molecule has 0 bridgehead atoms. The molecule has 0 spiro atoms. The van der Waals surface area contributed by atoms with Crippen LogP contribution in [0.25, 0.3) is 0 Å². The molecule has 0 saturated carbocycles. The molecule has 2 N–H and O–H groups in total. The molecule has 0 atom stereocenters. The molecule has 166 valence electrons. The Morgan fingerprint density at radius 2 is 1.87 bits per heavy atom. The zero-order chi connectivity index (χ0) is 21.9. The number of nitrogens with one attached hydrogen (secondary N) is 2. The Kier molecular flexibility index (Phi) is 10.0. The van der Waals surface area contributed by atoms with Crippen molar-refractivity contribution < 1.29 is 14.3 Å². The lowest BCUT2D eigenvalue weighted by atomic mass is 10.1. The summed E-state index contributed by atoms with van der Waals surface area (Å²) in [5, 5.41) is 7.00. The molecule has 1 aliphatic rings. The van der Waals surface area contributed by atoms with Gasteiger partial charge in [0.2, 0.25) is 5.91 Å². The summed E-state index contributed by atoms with van der Waals surface area (Å²) in [5.74, 6) is -0.157. The van der Waals surface area contributed by atoms with Crippen molar-refractivity contribution in [1.29, 1.82) is 0 Å². The first-order chi connectivity index (χ1) is 14.4. The minimum Gasteiger partial charge on any atom is -0.466 e. The number of rotatable bonds is 8. The lowest BCUT2D eigenvalue weighted by Gasteiger charge is -2.24. The molecule has 30 heavy (non-hydrogen) atoms. The summed E-state index contributed by atoms with van der Waals surface area (Å²) in [4.78, 5) is 28.2. The van der Waals surface area contributed by atoms with Crippen molar-refractivity contribution in [3.05, 3.63) is 29.3 Å². The lowest BCUT2D eigenvalue weighted by Crippen LogP contribution is -2.42. The SMILES string of the molecule is CCOC(=O)CCCNC(=S)N1CCCN(CC(=O)Nc2c(C)cccc2C)CC1. The molecule has 2 rings (SSSR count). The van der Waals surface area contributed by atoms with E-state index in [0.717, 1.165) is 49.4 Å². The van der Waals surface area contributed by atoms with Crippen molar-refractivity contribution in [2.75, 3.05) is 51.2 Å². The highest BCUT2D eigenvalue weighted by Gasteiger charge is 2.19. The third kappa shape index (κ3) is 7.91. The third-order valence-electron chi connectivity index (χ3n) is 5.13. The molecule has 0 aromatic heterocycles. The first-order valence-electron chi connectivity index (χ1n) is 10.7. The number of para-hydroxylation sites is 1. The van der Waals surface area contributed by atoms with Crippen LogP contribution < -0.4 is 10.6 Å². The summed E-state index contributed by atoms with van der Waals surface area (Å²) in [6.07, 6.45) is 2.03. The minimum absolute atomic E-state index is 0.0144. The van der Waals surface area contributed by atoms with Crippen LogP contribution in [0.5, 0.6) is 0 Å². The molecule has 1 fully saturated rings. The van der Waals surface area contributed by atoms with E-state index in [1.165, 1.54) is 0 Å². The largest absolute Gasteiger partial charge is 0.466 e. The Labute approximate surface area is 185 Å². The van der Waals surface area contributed by atoms with Gasteiger partial charge in [-0.3, -0.25) is 14.5 Å². The Morgan fingerprint density at radius 3 is 2.57 bits per heavy atom. The molecule has 0 aliphatic carbocycles. The van der Waals surface area contributed by atoms with E-state index in [0.29, 0.717) is 37.7 Å². The van der Waals surface area contributed by atoms with Crippen LogP contribution >= 0.6 is 12.2 Å². The number of ether oxygens (including phenoxy) is 1. The first kappa shape index (κ1) is 24.1. The van der Waals surface area contributed by atoms with Crippen LogP contribution in [0.1, 0.15) is 37.3 Å². The van der Waals surface area contributed by atoms with Crippen molar-refractivity contribution in [2.24, 2.45) is 0 Å². The van der Waals surface area contributed by atoms with E-state index < -0.39 is 0 Å². The van der Waals surface area contributed by atoms with Gasteiger partial charge in [0, 0.05) is 44.8 Å². The standard InChI is InChI=1S/C22H34N4O3S/c1-4-29-20(28)10-6-11-23-22(30)26-13-7-12-25(14-15-26)16-19(27)24-21-17(2)8-5-9-18(21)3/h5,8-9H,4,6-7,10-16H2,1-3H3,(H,23,30)(H,24,27). The van der Waals surface area contributed by atoms with Gasteiger partial charge in [-0.05, 0) is 57.0 Å². The zero-order valence-corrected chi connectivity index (χ0v) is 19.1. The second kappa shape index (κ2) is 12.5. The Morgan fingerprint density at radius 1 is 1.13 bits per heavy atom. The fourth-order valence-corrected chi connectivity index (χ4v) is 3.78. The molecule has 0 unspecified atom stereocenters. The maximum atomic E-state index is 12.5. The Hall–Kier alpha value is -2.19. The highest BCUT2D eigenvalue weighted by atomic mass is 32.1. The summed E-state index contributed by atoms with van der Waals surface area (Å²) >= 11 is 5.51. The van der Waals surface area contributed by atoms with Crippen LogP contribution in [0.3, 0.4) is 0 Å². The summed E-state index contributed by atoms with van der Waals surface area (Å²) in [7, 11) is 0. The van der Waals surface area contributed by atoms with E-state index in [1.54, 1.807) is 6.92 Å². The van der Waals surface area contributed by atoms with E-state index >= 15 is 0 Å². The average molecular weight is 435 g/mol. The number of carbonyl (C=O) groups is 2. The predicted octanol–water partition coefficient (Wildman–Crippen LogP) is 2.47. The minimum atomic E-state index is -0.171. The molecular formula is C22H34N4O3S. The van der Waals surface area contributed by atoms with Crippen LogP contribution in [0.15, 0.2) is 18.2 Å². The van der Waals surface area contributed by atoms with Crippen LogP contribution in [0.2, 0.25) is 0 Å². The van der Waals surface area contributed by atoms with Crippen molar-refractivity contribution in [3.8, 4) is 0 Å². The molecule has 1 aliphatic heterocycles. The number of hydrogen-bond donors (Lipinski definition) is 2. The predicted molar refractivity (Wildman–Crippen MR) is 124 cm³/mol. The van der Waals surface area contributed by atoms with Crippen molar-refractivity contribution >= 4 is 34.9 Å². The number of amides is 1. The summed E-state index contributed by atoms with van der Waals surface area (Å²) in [6, 6.07) is 6.01. The second-order valence-corrected chi connectivity index (χ2v) is 7.96. The number of carbonyl (C=O) groups excluding carboxylic acids is 2. The van der Waals surface area contributed by atoms with Crippen LogP contribution in [0, 0.1) is 13.8 Å². The van der Waals surface area contributed by atoms with Crippen LogP contribution in [-0.2, 0) is 14.3 Å². The molecule has 1 amide bonds. The van der Waals surface area contributed by atoms with Gasteiger partial charge in [-0.2, -0.15) is 0 Å². The van der Waals surface area contributed by atoms with Crippen LogP contribution in [0.4, 0.5) is 5.69 Å². The fraction of sp³-hybridized carbons (Fsp3) is 0.591. The fourth-order valence-electron chi connectivity index (χ4n) is 3.50. The van der Waals surface area contributed by atoms with Gasteiger partial charge < -0.3 is 20.3 Å². The number of anilines is 1. The second-order valence-electron chi connectivity index (χ2n) is 7.57. The smallest absolute Gasteiger partial charge is 0.305 e. The third-order valence-corrected chi connectivity index (χ3v) is 5.53. The van der Waals surface area contributed by atoms with Crippen molar-refractivity contribution in [1.82, 2.24) is 15.1 Å². The topological polar surface area (TPSA) is 73.9 Å². The monoisotopic (exact) mass is 434 g/mol. The number of benzene rings is 1. The Balaban J connectivity index is 1.73. The van der Waals surface area contributed by atoms with Gasteiger partial charge >= 0.3 is 5.97 Å². The molecule has 8 heteroatoms. The summed E-state index contributed by atoms with van der Waals surface area (Å²) in [5.41, 5.74) is 3.06. The molecule has 1 heterocycles. The number of hydrogen-bond acceptors (Lipinski definition) is 5. The zero-order valence-electron chi connectivity index (χ0n) is 18.3. The van der Waals surface area contributed by atoms with Crippen molar-refractivity contribution in [2.45, 2.75) is 40.0 Å². The van der Waals surface area contributed by atoms with E-state index in [-0.39, 0.29) is 11.9 Å². The summed E-state index contributed by atoms with van der Waals surface area (Å²) < 4.78 is 4.93. The van der Waals surface area contributed by atoms with E-state index in [4.69, 9.17) is 17.0 Å². The van der Waals surface area contributed by atoms with Gasteiger partial charge in [-0.25, -0.2) is 0 Å². The molecule has 1 aromatic carbocycles. The maximum Gasteiger partial charge on any atom is 0.305 e. The van der Waals surface area contributed by atoms with Gasteiger partial charge in [0.1, 0.15) is 0 Å². The van der Waals surface area contributed by atoms with E-state index in [9.17, 15) is 9.59 Å². The Bertz CT molecular complexity index is 721. The average Bonchev–Trinajstić information content (AvgIpc) is 2.94. The molecule has 0 radical (unpaired) electrons. The molecule has 1 aromatic rings. The van der Waals surface area contributed by atoms with Gasteiger partial charge in [0.15, 0.2) is 5.11 Å². The van der Waals surface area contributed by atoms with E-state index in [2.05, 4.69) is 20.4 Å². The first-order valence-corrected chi connectivity index (χ1v) is 11.1. The summed E-state index contributed by atoms with van der Waals surface area (Å²) in [6.45, 7) is 10.5. The van der Waals surface area contributed by atoms with Crippen molar-refractivity contribution in [3.63, 3.8) is 0 Å². The number of nitrogens with zero attached hydrogens (tertiary/aromatic N) is 2.